The maximum atomic E-state index is 12.5. The highest BCUT2D eigenvalue weighted by Gasteiger charge is 2.38. The molecular formula is C10H8FN3O. The van der Waals surface area contributed by atoms with Gasteiger partial charge in [-0.15, -0.1) is 0 Å². The summed E-state index contributed by atoms with van der Waals surface area (Å²) in [7, 11) is 0. The molecular weight excluding hydrogens is 197 g/mol. The van der Waals surface area contributed by atoms with Gasteiger partial charge in [-0.25, -0.2) is 9.18 Å². The monoisotopic (exact) mass is 205 g/mol. The Bertz CT molecular complexity index is 423. The molecule has 76 valence electrons. The summed E-state index contributed by atoms with van der Waals surface area (Å²) in [5, 5.41) is 11.1. The van der Waals surface area contributed by atoms with Gasteiger partial charge in [-0.1, -0.05) is 0 Å². The van der Waals surface area contributed by atoms with Gasteiger partial charge < -0.3 is 10.2 Å². The van der Waals surface area contributed by atoms with Crippen LogP contribution in [0.2, 0.25) is 0 Å². The number of nitriles is 1. The van der Waals surface area contributed by atoms with E-state index in [1.807, 2.05) is 6.07 Å². The Labute approximate surface area is 85.9 Å². The van der Waals surface area contributed by atoms with E-state index in [9.17, 15) is 9.18 Å². The number of rotatable bonds is 1. The number of carbonyl (C=O) groups is 1. The summed E-state index contributed by atoms with van der Waals surface area (Å²) in [4.78, 5) is 12.8. The summed E-state index contributed by atoms with van der Waals surface area (Å²) < 4.78 is 12.5. The normalized spacial score (nSPS) is 18.1. The van der Waals surface area contributed by atoms with E-state index < -0.39 is 0 Å². The van der Waals surface area contributed by atoms with Crippen LogP contribution in [0.4, 0.5) is 14.9 Å². The van der Waals surface area contributed by atoms with Gasteiger partial charge in [0, 0.05) is 5.69 Å². The number of hydrogen-bond donors (Lipinski definition) is 1. The fraction of sp³-hybridized carbons (Fsp3) is 0.200. The third-order valence-electron chi connectivity index (χ3n) is 2.12. The summed E-state index contributed by atoms with van der Waals surface area (Å²) in [5.74, 6) is -0.352. The molecule has 0 unspecified atom stereocenters. The van der Waals surface area contributed by atoms with Crippen molar-refractivity contribution in [2.45, 2.75) is 6.04 Å². The molecule has 2 amide bonds. The Morgan fingerprint density at radius 2 is 2.20 bits per heavy atom. The standard InChI is InChI=1S/C10H8FN3O/c11-7-1-3-8(4-2-7)13-10(15)14-6-9(14)5-12/h1-4,9H,6H2,(H,13,15)/t9-,14?/m0/s1. The maximum absolute atomic E-state index is 12.5. The van der Waals surface area contributed by atoms with Crippen molar-refractivity contribution in [3.63, 3.8) is 0 Å². The molecule has 15 heavy (non-hydrogen) atoms. The highest BCUT2D eigenvalue weighted by molar-refractivity contribution is 5.91. The first kappa shape index (κ1) is 9.46. The predicted octanol–water partition coefficient (Wildman–Crippen LogP) is 1.57. The second-order valence-corrected chi connectivity index (χ2v) is 3.23. The topological polar surface area (TPSA) is 55.9 Å². The number of carbonyl (C=O) groups excluding carboxylic acids is 1. The third-order valence-corrected chi connectivity index (χ3v) is 2.12. The lowest BCUT2D eigenvalue weighted by atomic mass is 10.3. The second-order valence-electron chi connectivity index (χ2n) is 3.23. The Morgan fingerprint density at radius 1 is 1.53 bits per heavy atom. The molecule has 1 aliphatic rings. The van der Waals surface area contributed by atoms with E-state index in [4.69, 9.17) is 5.26 Å². The minimum atomic E-state index is -0.352. The zero-order chi connectivity index (χ0) is 10.8. The van der Waals surface area contributed by atoms with Crippen molar-refractivity contribution in [3.05, 3.63) is 30.1 Å². The Hall–Kier alpha value is -2.09. The number of nitrogens with one attached hydrogen (secondary N) is 1. The van der Waals surface area contributed by atoms with E-state index in [1.54, 1.807) is 0 Å². The van der Waals surface area contributed by atoms with Crippen LogP contribution in [0, 0.1) is 17.1 Å². The molecule has 1 atom stereocenters. The summed E-state index contributed by atoms with van der Waals surface area (Å²) in [6.07, 6.45) is 0. The third kappa shape index (κ3) is 2.05. The highest BCUT2D eigenvalue weighted by Crippen LogP contribution is 2.18. The van der Waals surface area contributed by atoms with E-state index in [0.29, 0.717) is 12.2 Å². The minimum absolute atomic E-state index is 0.314. The van der Waals surface area contributed by atoms with Crippen LogP contribution in [0.15, 0.2) is 24.3 Å². The molecule has 5 heteroatoms. The number of amides is 2. The quantitative estimate of drug-likeness (QED) is 0.707. The average Bonchev–Trinajstić information content (AvgIpc) is 3.00. The lowest BCUT2D eigenvalue weighted by Crippen LogP contribution is -2.20. The molecule has 2 rings (SSSR count). The van der Waals surface area contributed by atoms with Gasteiger partial charge >= 0.3 is 6.03 Å². The van der Waals surface area contributed by atoms with Crippen molar-refractivity contribution in [1.29, 1.82) is 5.26 Å². The molecule has 0 spiro atoms. The lowest BCUT2D eigenvalue weighted by Gasteiger charge is -2.05. The van der Waals surface area contributed by atoms with E-state index >= 15 is 0 Å². The fourth-order valence-electron chi connectivity index (χ4n) is 1.20. The van der Waals surface area contributed by atoms with Crippen LogP contribution >= 0.6 is 0 Å². The largest absolute Gasteiger partial charge is 0.323 e. The molecule has 1 aliphatic heterocycles. The molecule has 0 bridgehead atoms. The van der Waals surface area contributed by atoms with Crippen LogP contribution in [-0.4, -0.2) is 23.5 Å². The molecule has 1 fully saturated rings. The van der Waals surface area contributed by atoms with Crippen LogP contribution in [0.5, 0.6) is 0 Å². The molecule has 4 nitrogen and oxygen atoms in total. The van der Waals surface area contributed by atoms with Gasteiger partial charge in [0.1, 0.15) is 11.9 Å². The number of hydrogen-bond acceptors (Lipinski definition) is 2. The van der Waals surface area contributed by atoms with Crippen LogP contribution in [0.25, 0.3) is 0 Å². The molecule has 0 saturated carbocycles. The molecule has 1 aromatic rings. The van der Waals surface area contributed by atoms with Crippen molar-refractivity contribution in [1.82, 2.24) is 4.90 Å². The molecule has 1 N–H and O–H groups in total. The maximum Gasteiger partial charge on any atom is 0.323 e. The van der Waals surface area contributed by atoms with Gasteiger partial charge in [-0.2, -0.15) is 5.26 Å². The van der Waals surface area contributed by atoms with Gasteiger partial charge in [0.2, 0.25) is 0 Å². The zero-order valence-corrected chi connectivity index (χ0v) is 7.77. The summed E-state index contributed by atoms with van der Waals surface area (Å²) >= 11 is 0. The summed E-state index contributed by atoms with van der Waals surface area (Å²) in [6.45, 7) is 0.462. The van der Waals surface area contributed by atoms with E-state index in [2.05, 4.69) is 5.32 Å². The van der Waals surface area contributed by atoms with Gasteiger partial charge in [-0.05, 0) is 24.3 Å². The van der Waals surface area contributed by atoms with Crippen molar-refractivity contribution in [2.75, 3.05) is 11.9 Å². The Balaban J connectivity index is 1.96. The van der Waals surface area contributed by atoms with Crippen molar-refractivity contribution in [2.24, 2.45) is 0 Å². The van der Waals surface area contributed by atoms with Crippen LogP contribution in [-0.2, 0) is 0 Å². The van der Waals surface area contributed by atoms with Crippen LogP contribution < -0.4 is 5.32 Å². The summed E-state index contributed by atoms with van der Waals surface area (Å²) in [6, 6.07) is 6.80. The van der Waals surface area contributed by atoms with Gasteiger partial charge in [0.05, 0.1) is 12.6 Å². The number of anilines is 1. The smallest absolute Gasteiger partial charge is 0.308 e. The first-order valence-electron chi connectivity index (χ1n) is 4.43. The molecule has 1 aromatic carbocycles. The summed E-state index contributed by atoms with van der Waals surface area (Å²) in [5.41, 5.74) is 0.519. The van der Waals surface area contributed by atoms with Gasteiger partial charge in [0.25, 0.3) is 0 Å². The van der Waals surface area contributed by atoms with Gasteiger partial charge in [-0.3, -0.25) is 0 Å². The molecule has 1 heterocycles. The van der Waals surface area contributed by atoms with Crippen LogP contribution in [0.1, 0.15) is 0 Å². The zero-order valence-electron chi connectivity index (χ0n) is 7.77. The van der Waals surface area contributed by atoms with E-state index in [1.165, 1.54) is 29.2 Å². The lowest BCUT2D eigenvalue weighted by molar-refractivity contribution is 0.241. The Kier molecular flexibility index (Phi) is 2.26. The first-order chi connectivity index (χ1) is 7.20. The number of halogens is 1. The van der Waals surface area contributed by atoms with E-state index in [-0.39, 0.29) is 17.9 Å². The number of nitrogens with zero attached hydrogens (tertiary/aromatic N) is 2. The highest BCUT2D eigenvalue weighted by atomic mass is 19.1. The SMILES string of the molecule is N#C[C@H]1CN1C(=O)Nc1ccc(F)cc1. The second kappa shape index (κ2) is 3.58. The van der Waals surface area contributed by atoms with E-state index in [0.717, 1.165) is 0 Å². The van der Waals surface area contributed by atoms with Crippen molar-refractivity contribution in [3.8, 4) is 6.07 Å². The fourth-order valence-corrected chi connectivity index (χ4v) is 1.20. The number of benzene rings is 1. The molecule has 1 saturated heterocycles. The first-order valence-corrected chi connectivity index (χ1v) is 4.43. The van der Waals surface area contributed by atoms with Crippen LogP contribution in [0.3, 0.4) is 0 Å². The van der Waals surface area contributed by atoms with Gasteiger partial charge in [0.15, 0.2) is 0 Å². The average molecular weight is 205 g/mol. The predicted molar refractivity (Wildman–Crippen MR) is 51.5 cm³/mol. The van der Waals surface area contributed by atoms with Crippen molar-refractivity contribution >= 4 is 11.7 Å². The molecule has 0 aliphatic carbocycles. The molecule has 0 aromatic heterocycles. The number of urea groups is 1. The van der Waals surface area contributed by atoms with Crippen molar-refractivity contribution < 1.29 is 9.18 Å². The molecule has 0 radical (unpaired) electrons. The Morgan fingerprint density at radius 3 is 2.73 bits per heavy atom. The minimum Gasteiger partial charge on any atom is -0.308 e.